The molecule has 0 saturated heterocycles. The molecule has 65 heavy (non-hydrogen) atoms. The van der Waals surface area contributed by atoms with Crippen molar-refractivity contribution in [3.05, 3.63) is 253 Å². The topological polar surface area (TPSA) is 26.3 Å². The van der Waals surface area contributed by atoms with E-state index in [1.165, 1.54) is 77.2 Å². The fourth-order valence-electron chi connectivity index (χ4n) is 11.6. The number of fused-ring (bicyclic) bond motifs is 11. The van der Waals surface area contributed by atoms with Gasteiger partial charge in [0, 0.05) is 21.5 Å². The first-order chi connectivity index (χ1) is 32.3. The molecule has 0 saturated carbocycles. The molecule has 2 nitrogen and oxygen atoms in total. The van der Waals surface area contributed by atoms with E-state index in [0.29, 0.717) is 0 Å². The van der Waals surface area contributed by atoms with Crippen molar-refractivity contribution < 1.29 is 8.83 Å². The minimum absolute atomic E-state index is 0.480. The van der Waals surface area contributed by atoms with Crippen molar-refractivity contribution in [3.63, 3.8) is 0 Å². The number of para-hydroxylation sites is 2. The zero-order valence-electron chi connectivity index (χ0n) is 35.3. The standard InChI is InChI=1S/C63H38O2/c1-3-17-40(18-4-1)63(41-19-5-2-6-20-41)54-30-10-7-21-44(54)53-37-39(35-36-55(53)63)60-47-26-13-24-42(45-28-15-33-58-61(45)49-22-8-11-31-56(49)64-58)51(47)38-52-43(25-14-27-48(52)60)46-29-16-34-59-62(46)50-23-9-12-32-57(50)65-59/h1-38H. The molecule has 0 aliphatic heterocycles. The van der Waals surface area contributed by atoms with Crippen molar-refractivity contribution in [2.75, 3.05) is 0 Å². The van der Waals surface area contributed by atoms with Gasteiger partial charge in [-0.2, -0.15) is 0 Å². The van der Waals surface area contributed by atoms with Gasteiger partial charge in [0.1, 0.15) is 22.3 Å². The van der Waals surface area contributed by atoms with Gasteiger partial charge in [-0.1, -0.05) is 194 Å². The van der Waals surface area contributed by atoms with Crippen molar-refractivity contribution in [1.29, 1.82) is 0 Å². The van der Waals surface area contributed by atoms with Gasteiger partial charge < -0.3 is 8.83 Å². The molecule has 0 radical (unpaired) electrons. The Bertz CT molecular complexity index is 3850. The SMILES string of the molecule is c1ccc(C2(c3ccccc3)c3ccccc3-c3cc(-c4c5cccc(-c6cccc7oc8ccccc8c67)c5cc5c(-c6cccc7oc8ccccc8c67)cccc45)ccc32)cc1. The van der Waals surface area contributed by atoms with E-state index in [1.54, 1.807) is 0 Å². The molecule has 2 heteroatoms. The molecule has 0 fully saturated rings. The average molecular weight is 827 g/mol. The van der Waals surface area contributed by atoms with E-state index < -0.39 is 5.41 Å². The van der Waals surface area contributed by atoms with E-state index in [4.69, 9.17) is 8.83 Å². The van der Waals surface area contributed by atoms with Gasteiger partial charge in [0.05, 0.1) is 5.41 Å². The number of furan rings is 2. The summed E-state index contributed by atoms with van der Waals surface area (Å²) in [6.45, 7) is 0. The number of hydrogen-bond donors (Lipinski definition) is 0. The molecule has 11 aromatic carbocycles. The number of hydrogen-bond acceptors (Lipinski definition) is 2. The molecule has 302 valence electrons. The second-order valence-electron chi connectivity index (χ2n) is 17.4. The number of rotatable bonds is 5. The summed E-state index contributed by atoms with van der Waals surface area (Å²) >= 11 is 0. The lowest BCUT2D eigenvalue weighted by Crippen LogP contribution is -2.28. The Balaban J connectivity index is 1.10. The van der Waals surface area contributed by atoms with Gasteiger partial charge in [-0.25, -0.2) is 0 Å². The first kappa shape index (κ1) is 36.1. The Morgan fingerprint density at radius 3 is 1.28 bits per heavy atom. The predicted molar refractivity (Wildman–Crippen MR) is 270 cm³/mol. The molecule has 2 aromatic heterocycles. The van der Waals surface area contributed by atoms with Crippen LogP contribution < -0.4 is 0 Å². The van der Waals surface area contributed by atoms with Gasteiger partial charge in [-0.3, -0.25) is 0 Å². The molecule has 1 aliphatic rings. The van der Waals surface area contributed by atoms with E-state index in [2.05, 4.69) is 218 Å². The average Bonchev–Trinajstić information content (AvgIpc) is 4.04. The van der Waals surface area contributed by atoms with Gasteiger partial charge in [0.2, 0.25) is 0 Å². The van der Waals surface area contributed by atoms with Crippen molar-refractivity contribution in [3.8, 4) is 44.5 Å². The first-order valence-corrected chi connectivity index (χ1v) is 22.4. The number of benzene rings is 11. The third-order valence-electron chi connectivity index (χ3n) is 14.2. The van der Waals surface area contributed by atoms with E-state index >= 15 is 0 Å². The summed E-state index contributed by atoms with van der Waals surface area (Å²) in [5.41, 5.74) is 17.8. The maximum Gasteiger partial charge on any atom is 0.136 e. The van der Waals surface area contributed by atoms with Crippen LogP contribution in [0, 0.1) is 0 Å². The first-order valence-electron chi connectivity index (χ1n) is 22.4. The lowest BCUT2D eigenvalue weighted by Gasteiger charge is -2.33. The second kappa shape index (κ2) is 13.8. The van der Waals surface area contributed by atoms with Gasteiger partial charge in [-0.05, 0) is 125 Å². The maximum atomic E-state index is 6.48. The minimum Gasteiger partial charge on any atom is -0.456 e. The minimum atomic E-state index is -0.480. The smallest absolute Gasteiger partial charge is 0.136 e. The second-order valence-corrected chi connectivity index (χ2v) is 17.4. The van der Waals surface area contributed by atoms with Crippen molar-refractivity contribution in [2.45, 2.75) is 5.41 Å². The summed E-state index contributed by atoms with van der Waals surface area (Å²) in [6.07, 6.45) is 0. The van der Waals surface area contributed by atoms with E-state index in [-0.39, 0.29) is 0 Å². The van der Waals surface area contributed by atoms with Crippen LogP contribution in [0.15, 0.2) is 239 Å². The Labute approximate surface area is 375 Å². The molecule has 0 amide bonds. The Kier molecular flexibility index (Phi) is 7.64. The van der Waals surface area contributed by atoms with Gasteiger partial charge in [0.15, 0.2) is 0 Å². The summed E-state index contributed by atoms with van der Waals surface area (Å²) in [5, 5.41) is 9.28. The van der Waals surface area contributed by atoms with E-state index in [0.717, 1.165) is 55.0 Å². The van der Waals surface area contributed by atoms with Crippen LogP contribution in [-0.4, -0.2) is 0 Å². The summed E-state index contributed by atoms with van der Waals surface area (Å²) < 4.78 is 13.0. The van der Waals surface area contributed by atoms with Gasteiger partial charge in [-0.15, -0.1) is 0 Å². The van der Waals surface area contributed by atoms with Crippen LogP contribution in [0.2, 0.25) is 0 Å². The molecule has 0 spiro atoms. The molecule has 0 bridgehead atoms. The van der Waals surface area contributed by atoms with Crippen LogP contribution >= 0.6 is 0 Å². The summed E-state index contributed by atoms with van der Waals surface area (Å²) in [5.74, 6) is 0. The van der Waals surface area contributed by atoms with Crippen LogP contribution in [0.5, 0.6) is 0 Å². The summed E-state index contributed by atoms with van der Waals surface area (Å²) in [4.78, 5) is 0. The molecular weight excluding hydrogens is 789 g/mol. The highest BCUT2D eigenvalue weighted by atomic mass is 16.3. The highest BCUT2D eigenvalue weighted by Gasteiger charge is 2.46. The van der Waals surface area contributed by atoms with Crippen molar-refractivity contribution in [2.24, 2.45) is 0 Å². The molecule has 1 aliphatic carbocycles. The van der Waals surface area contributed by atoms with Crippen LogP contribution in [-0.2, 0) is 5.41 Å². The van der Waals surface area contributed by atoms with Crippen LogP contribution in [0.4, 0.5) is 0 Å². The molecule has 0 N–H and O–H groups in total. The molecule has 13 aromatic rings. The molecule has 0 unspecified atom stereocenters. The van der Waals surface area contributed by atoms with Crippen molar-refractivity contribution in [1.82, 2.24) is 0 Å². The highest BCUT2D eigenvalue weighted by Crippen LogP contribution is 2.57. The Morgan fingerprint density at radius 2 is 0.692 bits per heavy atom. The van der Waals surface area contributed by atoms with Crippen molar-refractivity contribution >= 4 is 65.4 Å². The van der Waals surface area contributed by atoms with Crippen LogP contribution in [0.25, 0.3) is 110 Å². The van der Waals surface area contributed by atoms with Crippen LogP contribution in [0.3, 0.4) is 0 Å². The lowest BCUT2D eigenvalue weighted by atomic mass is 9.67. The van der Waals surface area contributed by atoms with Crippen LogP contribution in [0.1, 0.15) is 22.3 Å². The normalized spacial score (nSPS) is 13.0. The highest BCUT2D eigenvalue weighted by molar-refractivity contribution is 6.23. The largest absolute Gasteiger partial charge is 0.456 e. The zero-order chi connectivity index (χ0) is 42.6. The molecular formula is C63H38O2. The van der Waals surface area contributed by atoms with E-state index in [1.807, 2.05) is 12.1 Å². The molecule has 2 heterocycles. The Morgan fingerprint density at radius 1 is 0.262 bits per heavy atom. The third-order valence-corrected chi connectivity index (χ3v) is 14.2. The Hall–Kier alpha value is -8.46. The quantitative estimate of drug-likeness (QED) is 0.162. The van der Waals surface area contributed by atoms with E-state index in [9.17, 15) is 0 Å². The summed E-state index contributed by atoms with van der Waals surface area (Å²) in [7, 11) is 0. The van der Waals surface area contributed by atoms with Gasteiger partial charge in [0.25, 0.3) is 0 Å². The summed E-state index contributed by atoms with van der Waals surface area (Å²) in [6, 6.07) is 84.2. The fourth-order valence-corrected chi connectivity index (χ4v) is 11.6. The van der Waals surface area contributed by atoms with Gasteiger partial charge >= 0.3 is 0 Å². The fraction of sp³-hybridized carbons (Fsp3) is 0.0159. The molecule has 14 rings (SSSR count). The monoisotopic (exact) mass is 826 g/mol. The zero-order valence-corrected chi connectivity index (χ0v) is 35.3. The lowest BCUT2D eigenvalue weighted by molar-refractivity contribution is 0.668. The maximum absolute atomic E-state index is 6.48. The third kappa shape index (κ3) is 5.05. The molecule has 0 atom stereocenters. The predicted octanol–water partition coefficient (Wildman–Crippen LogP) is 17.2.